The van der Waals surface area contributed by atoms with Crippen LogP contribution in [0.5, 0.6) is 0 Å². The molecule has 2 heterocycles. The molecule has 1 aromatic carbocycles. The number of piperazine rings is 2. The lowest BCUT2D eigenvalue weighted by Crippen LogP contribution is -2.49. The Morgan fingerprint density at radius 1 is 1.04 bits per heavy atom. The van der Waals surface area contributed by atoms with Crippen LogP contribution >= 0.6 is 0 Å². The summed E-state index contributed by atoms with van der Waals surface area (Å²) in [5.74, 6) is -0.134. The van der Waals surface area contributed by atoms with E-state index in [9.17, 15) is 10.1 Å². The molecule has 0 spiro atoms. The Bertz CT molecular complexity index is 665. The fourth-order valence-electron chi connectivity index (χ4n) is 3.39. The van der Waals surface area contributed by atoms with Gasteiger partial charge in [0.2, 0.25) is 0 Å². The first-order chi connectivity index (χ1) is 12.7. The third-order valence-electron chi connectivity index (χ3n) is 5.11. The molecular formula is C20H27N5O. The summed E-state index contributed by atoms with van der Waals surface area (Å²) in [7, 11) is 2.09. The number of carbonyl (C=O) groups is 1. The van der Waals surface area contributed by atoms with Crippen molar-refractivity contribution in [3.05, 3.63) is 47.7 Å². The second kappa shape index (κ2) is 8.84. The van der Waals surface area contributed by atoms with E-state index in [0.717, 1.165) is 45.8 Å². The number of rotatable bonds is 4. The summed E-state index contributed by atoms with van der Waals surface area (Å²) in [5, 5.41) is 9.44. The van der Waals surface area contributed by atoms with Crippen molar-refractivity contribution < 1.29 is 4.79 Å². The van der Waals surface area contributed by atoms with Crippen LogP contribution in [0.25, 0.3) is 0 Å². The van der Waals surface area contributed by atoms with Crippen LogP contribution in [0.15, 0.2) is 42.1 Å². The standard InChI is InChI=1S/C20H27N5O/c1-22-7-9-24(10-8-22)17-19(15-21)20(26)25-13-11-23(12-14-25)16-18-5-3-2-4-6-18/h2-6,17H,7-14,16H2,1H3/b19-17-. The van der Waals surface area contributed by atoms with E-state index in [2.05, 4.69) is 52.1 Å². The first kappa shape index (κ1) is 18.4. The molecule has 26 heavy (non-hydrogen) atoms. The lowest BCUT2D eigenvalue weighted by atomic mass is 10.2. The molecular weight excluding hydrogens is 326 g/mol. The van der Waals surface area contributed by atoms with E-state index < -0.39 is 0 Å². The van der Waals surface area contributed by atoms with Crippen LogP contribution in [-0.2, 0) is 11.3 Å². The van der Waals surface area contributed by atoms with E-state index in [1.54, 1.807) is 6.20 Å². The normalized spacial score (nSPS) is 20.1. The smallest absolute Gasteiger partial charge is 0.266 e. The maximum atomic E-state index is 12.7. The highest BCUT2D eigenvalue weighted by atomic mass is 16.2. The molecule has 2 aliphatic rings. The number of nitrogens with zero attached hydrogens (tertiary/aromatic N) is 5. The molecule has 0 aromatic heterocycles. The predicted octanol–water partition coefficient (Wildman–Crippen LogP) is 0.986. The van der Waals surface area contributed by atoms with Gasteiger partial charge >= 0.3 is 0 Å². The number of nitriles is 1. The Morgan fingerprint density at radius 3 is 2.31 bits per heavy atom. The molecule has 0 saturated carbocycles. The number of carbonyl (C=O) groups excluding carboxylic acids is 1. The van der Waals surface area contributed by atoms with Gasteiger partial charge in [0, 0.05) is 65.1 Å². The Balaban J connectivity index is 1.52. The van der Waals surface area contributed by atoms with Crippen LogP contribution in [0.3, 0.4) is 0 Å². The van der Waals surface area contributed by atoms with Crippen molar-refractivity contribution in [1.29, 1.82) is 5.26 Å². The Kier molecular flexibility index (Phi) is 6.26. The van der Waals surface area contributed by atoms with E-state index in [1.165, 1.54) is 5.56 Å². The zero-order valence-corrected chi connectivity index (χ0v) is 15.5. The molecule has 2 saturated heterocycles. The molecule has 0 N–H and O–H groups in total. The summed E-state index contributed by atoms with van der Waals surface area (Å²) in [6.07, 6.45) is 1.76. The minimum atomic E-state index is -0.134. The van der Waals surface area contributed by atoms with Crippen LogP contribution in [0, 0.1) is 11.3 Å². The maximum absolute atomic E-state index is 12.7. The Hall–Kier alpha value is -2.36. The second-order valence-electron chi connectivity index (χ2n) is 7.05. The van der Waals surface area contributed by atoms with Gasteiger partial charge in [-0.3, -0.25) is 9.69 Å². The Labute approximate surface area is 155 Å². The van der Waals surface area contributed by atoms with Crippen LogP contribution in [0.1, 0.15) is 5.56 Å². The van der Waals surface area contributed by atoms with Crippen molar-refractivity contribution in [2.75, 3.05) is 59.4 Å². The average molecular weight is 353 g/mol. The summed E-state index contributed by atoms with van der Waals surface area (Å²) >= 11 is 0. The summed E-state index contributed by atoms with van der Waals surface area (Å²) in [6, 6.07) is 12.5. The molecule has 0 unspecified atom stereocenters. The van der Waals surface area contributed by atoms with Gasteiger partial charge in [-0.1, -0.05) is 30.3 Å². The molecule has 6 nitrogen and oxygen atoms in total. The third-order valence-corrected chi connectivity index (χ3v) is 5.11. The highest BCUT2D eigenvalue weighted by molar-refractivity contribution is 5.97. The number of amides is 1. The molecule has 2 fully saturated rings. The summed E-state index contributed by atoms with van der Waals surface area (Å²) in [4.78, 5) is 21.2. The maximum Gasteiger partial charge on any atom is 0.266 e. The molecule has 0 radical (unpaired) electrons. The summed E-state index contributed by atoms with van der Waals surface area (Å²) < 4.78 is 0. The highest BCUT2D eigenvalue weighted by Gasteiger charge is 2.24. The fraction of sp³-hybridized carbons (Fsp3) is 0.500. The fourth-order valence-corrected chi connectivity index (χ4v) is 3.39. The monoisotopic (exact) mass is 353 g/mol. The van der Waals surface area contributed by atoms with Crippen LogP contribution < -0.4 is 0 Å². The van der Waals surface area contributed by atoms with Crippen molar-refractivity contribution in [2.45, 2.75) is 6.54 Å². The topological polar surface area (TPSA) is 53.8 Å². The van der Waals surface area contributed by atoms with Crippen molar-refractivity contribution in [3.8, 4) is 6.07 Å². The molecule has 3 rings (SSSR count). The lowest BCUT2D eigenvalue weighted by molar-refractivity contribution is -0.128. The van der Waals surface area contributed by atoms with Gasteiger partial charge in [-0.05, 0) is 12.6 Å². The SMILES string of the molecule is CN1CCN(/C=C(/C#N)C(=O)N2CCN(Cc3ccccc3)CC2)CC1. The highest BCUT2D eigenvalue weighted by Crippen LogP contribution is 2.12. The van der Waals surface area contributed by atoms with Gasteiger partial charge in [0.25, 0.3) is 5.91 Å². The number of likely N-dealkylation sites (N-methyl/N-ethyl adjacent to an activating group) is 1. The quantitative estimate of drug-likeness (QED) is 0.597. The third kappa shape index (κ3) is 4.84. The van der Waals surface area contributed by atoms with Gasteiger partial charge in [-0.15, -0.1) is 0 Å². The molecule has 0 atom stereocenters. The predicted molar refractivity (Wildman–Crippen MR) is 101 cm³/mol. The van der Waals surface area contributed by atoms with Crippen molar-refractivity contribution in [3.63, 3.8) is 0 Å². The first-order valence-electron chi connectivity index (χ1n) is 9.26. The molecule has 1 aromatic rings. The average Bonchev–Trinajstić information content (AvgIpc) is 2.68. The molecule has 2 aliphatic heterocycles. The summed E-state index contributed by atoms with van der Waals surface area (Å²) in [6.45, 7) is 7.58. The van der Waals surface area contributed by atoms with E-state index in [-0.39, 0.29) is 11.5 Å². The second-order valence-corrected chi connectivity index (χ2v) is 7.05. The van der Waals surface area contributed by atoms with Gasteiger partial charge in [0.05, 0.1) is 0 Å². The molecule has 6 heteroatoms. The van der Waals surface area contributed by atoms with Crippen molar-refractivity contribution >= 4 is 5.91 Å². The van der Waals surface area contributed by atoms with Gasteiger partial charge in [0.15, 0.2) is 0 Å². The molecule has 1 amide bonds. The minimum Gasteiger partial charge on any atom is -0.374 e. The largest absolute Gasteiger partial charge is 0.374 e. The van der Waals surface area contributed by atoms with E-state index >= 15 is 0 Å². The number of hydrogen-bond donors (Lipinski definition) is 0. The minimum absolute atomic E-state index is 0.134. The van der Waals surface area contributed by atoms with Gasteiger partial charge < -0.3 is 14.7 Å². The van der Waals surface area contributed by atoms with E-state index in [1.807, 2.05) is 11.0 Å². The summed E-state index contributed by atoms with van der Waals surface area (Å²) in [5.41, 5.74) is 1.55. The van der Waals surface area contributed by atoms with E-state index in [0.29, 0.717) is 13.1 Å². The van der Waals surface area contributed by atoms with Gasteiger partial charge in [-0.25, -0.2) is 0 Å². The zero-order valence-electron chi connectivity index (χ0n) is 15.5. The van der Waals surface area contributed by atoms with Gasteiger partial charge in [0.1, 0.15) is 11.6 Å². The van der Waals surface area contributed by atoms with Crippen LogP contribution in [0.4, 0.5) is 0 Å². The Morgan fingerprint density at radius 2 is 1.69 bits per heavy atom. The molecule has 0 bridgehead atoms. The van der Waals surface area contributed by atoms with Crippen molar-refractivity contribution in [2.24, 2.45) is 0 Å². The first-order valence-corrected chi connectivity index (χ1v) is 9.26. The van der Waals surface area contributed by atoms with Crippen molar-refractivity contribution in [1.82, 2.24) is 19.6 Å². The lowest BCUT2D eigenvalue weighted by Gasteiger charge is -2.35. The van der Waals surface area contributed by atoms with Gasteiger partial charge in [-0.2, -0.15) is 5.26 Å². The molecule has 0 aliphatic carbocycles. The van der Waals surface area contributed by atoms with Crippen LogP contribution in [0.2, 0.25) is 0 Å². The number of hydrogen-bond acceptors (Lipinski definition) is 5. The zero-order chi connectivity index (χ0) is 18.4. The number of benzene rings is 1. The van der Waals surface area contributed by atoms with Crippen LogP contribution in [-0.4, -0.2) is 84.9 Å². The molecule has 138 valence electrons. The van der Waals surface area contributed by atoms with E-state index in [4.69, 9.17) is 0 Å².